The molecule has 76 valence electrons. The molecule has 1 aliphatic rings. The van der Waals surface area contributed by atoms with E-state index in [4.69, 9.17) is 5.11 Å². The van der Waals surface area contributed by atoms with Crippen LogP contribution in [-0.4, -0.2) is 28.5 Å². The lowest BCUT2D eigenvalue weighted by atomic mass is 9.93. The van der Waals surface area contributed by atoms with Crippen LogP contribution in [0.4, 0.5) is 13.2 Å². The van der Waals surface area contributed by atoms with E-state index in [0.717, 1.165) is 0 Å². The van der Waals surface area contributed by atoms with Gasteiger partial charge in [0, 0.05) is 6.42 Å². The maximum absolute atomic E-state index is 12.2. The van der Waals surface area contributed by atoms with Crippen LogP contribution in [0.25, 0.3) is 0 Å². The summed E-state index contributed by atoms with van der Waals surface area (Å²) in [4.78, 5) is 10.8. The van der Waals surface area contributed by atoms with Gasteiger partial charge in [0.05, 0.1) is 0 Å². The van der Waals surface area contributed by atoms with Crippen LogP contribution in [0.3, 0.4) is 0 Å². The highest BCUT2D eigenvalue weighted by Crippen LogP contribution is 2.43. The Morgan fingerprint density at radius 2 is 1.92 bits per heavy atom. The molecule has 0 aromatic carbocycles. The van der Waals surface area contributed by atoms with Crippen molar-refractivity contribution < 1.29 is 27.8 Å². The summed E-state index contributed by atoms with van der Waals surface area (Å²) in [6.07, 6.45) is -5.74. The highest BCUT2D eigenvalue weighted by atomic mass is 19.4. The van der Waals surface area contributed by atoms with Gasteiger partial charge in [-0.25, -0.2) is 4.79 Å². The second-order valence-electron chi connectivity index (χ2n) is 3.68. The SMILES string of the molecule is CC1(C)C[C@](O)(C(F)(F)F)C(=O)O1. The molecule has 3 nitrogen and oxygen atoms in total. The number of aliphatic hydroxyl groups is 1. The first-order valence-corrected chi connectivity index (χ1v) is 3.61. The van der Waals surface area contributed by atoms with Crippen LogP contribution in [-0.2, 0) is 9.53 Å². The molecule has 0 aromatic rings. The number of ether oxygens (including phenoxy) is 1. The van der Waals surface area contributed by atoms with Crippen molar-refractivity contribution in [1.82, 2.24) is 0 Å². The molecule has 13 heavy (non-hydrogen) atoms. The maximum atomic E-state index is 12.2. The molecule has 0 amide bonds. The standard InChI is InChI=1S/C7H9F3O3/c1-5(2)3-6(12,4(11)13-5)7(8,9)10/h12H,3H2,1-2H3/t6-/m1/s1. The molecule has 1 aliphatic heterocycles. The van der Waals surface area contributed by atoms with Gasteiger partial charge in [-0.1, -0.05) is 0 Å². The van der Waals surface area contributed by atoms with E-state index >= 15 is 0 Å². The predicted octanol–water partition coefficient (Wildman–Crippen LogP) is 1.01. The van der Waals surface area contributed by atoms with Gasteiger partial charge in [0.15, 0.2) is 0 Å². The Bertz CT molecular complexity index is 246. The first-order chi connectivity index (χ1) is 5.58. The van der Waals surface area contributed by atoms with Crippen molar-refractivity contribution in [3.63, 3.8) is 0 Å². The average molecular weight is 198 g/mol. The van der Waals surface area contributed by atoms with Crippen LogP contribution in [0.1, 0.15) is 20.3 Å². The van der Waals surface area contributed by atoms with Crippen LogP contribution in [0, 0.1) is 0 Å². The zero-order valence-electron chi connectivity index (χ0n) is 7.10. The Labute approximate surface area is 72.5 Å². The lowest BCUT2D eigenvalue weighted by Crippen LogP contribution is -2.49. The number of carbonyl (C=O) groups is 1. The Morgan fingerprint density at radius 3 is 2.08 bits per heavy atom. The summed E-state index contributed by atoms with van der Waals surface area (Å²) in [5.41, 5.74) is -4.60. The molecular formula is C7H9F3O3. The van der Waals surface area contributed by atoms with Crippen molar-refractivity contribution >= 4 is 5.97 Å². The third-order valence-electron chi connectivity index (χ3n) is 1.86. The molecule has 0 aromatic heterocycles. The van der Waals surface area contributed by atoms with E-state index in [9.17, 15) is 18.0 Å². The molecule has 1 fully saturated rings. The third-order valence-corrected chi connectivity index (χ3v) is 1.86. The highest BCUT2D eigenvalue weighted by molar-refractivity contribution is 5.83. The third kappa shape index (κ3) is 1.50. The average Bonchev–Trinajstić information content (AvgIpc) is 2.00. The first kappa shape index (κ1) is 10.3. The number of esters is 1. The van der Waals surface area contributed by atoms with E-state index in [-0.39, 0.29) is 0 Å². The number of hydrogen-bond acceptors (Lipinski definition) is 3. The Hall–Kier alpha value is -0.780. The molecule has 1 atom stereocenters. The molecular weight excluding hydrogens is 189 g/mol. The Balaban J connectivity index is 3.01. The van der Waals surface area contributed by atoms with Gasteiger partial charge in [0.1, 0.15) is 5.60 Å². The van der Waals surface area contributed by atoms with Gasteiger partial charge in [-0.2, -0.15) is 13.2 Å². The van der Waals surface area contributed by atoms with Gasteiger partial charge in [0.2, 0.25) is 0 Å². The van der Waals surface area contributed by atoms with Crippen LogP contribution < -0.4 is 0 Å². The van der Waals surface area contributed by atoms with Crippen molar-refractivity contribution in [3.05, 3.63) is 0 Å². The van der Waals surface area contributed by atoms with E-state index < -0.39 is 29.8 Å². The normalized spacial score (nSPS) is 33.2. The fraction of sp³-hybridized carbons (Fsp3) is 0.857. The summed E-state index contributed by atoms with van der Waals surface area (Å²) in [5.74, 6) is -1.62. The van der Waals surface area contributed by atoms with Crippen LogP contribution >= 0.6 is 0 Å². The molecule has 0 unspecified atom stereocenters. The van der Waals surface area contributed by atoms with Crippen LogP contribution in [0.2, 0.25) is 0 Å². The van der Waals surface area contributed by atoms with Crippen molar-refractivity contribution in [2.24, 2.45) is 0 Å². The summed E-state index contributed by atoms with van der Waals surface area (Å²) in [5, 5.41) is 9.03. The maximum Gasteiger partial charge on any atom is 0.428 e. The molecule has 6 heteroatoms. The number of hydrogen-bond donors (Lipinski definition) is 1. The number of cyclic esters (lactones) is 1. The minimum atomic E-state index is -4.97. The molecule has 0 radical (unpaired) electrons. The molecule has 1 heterocycles. The van der Waals surface area contributed by atoms with E-state index in [1.54, 1.807) is 0 Å². The van der Waals surface area contributed by atoms with Gasteiger partial charge in [-0.3, -0.25) is 0 Å². The molecule has 1 rings (SSSR count). The monoisotopic (exact) mass is 198 g/mol. The highest BCUT2D eigenvalue weighted by Gasteiger charge is 2.67. The zero-order chi connectivity index (χ0) is 10.5. The van der Waals surface area contributed by atoms with Crippen molar-refractivity contribution in [2.75, 3.05) is 0 Å². The van der Waals surface area contributed by atoms with Gasteiger partial charge in [0.25, 0.3) is 5.60 Å². The molecule has 1 saturated heterocycles. The minimum absolute atomic E-state index is 0.762. The van der Waals surface area contributed by atoms with Crippen LogP contribution in [0.5, 0.6) is 0 Å². The largest absolute Gasteiger partial charge is 0.457 e. The summed E-state index contributed by atoms with van der Waals surface area (Å²) in [6, 6.07) is 0. The van der Waals surface area contributed by atoms with E-state index in [1.165, 1.54) is 13.8 Å². The quantitative estimate of drug-likeness (QED) is 0.591. The molecule has 1 N–H and O–H groups in total. The summed E-state index contributed by atoms with van der Waals surface area (Å²) in [7, 11) is 0. The Kier molecular flexibility index (Phi) is 1.88. The molecule has 0 aliphatic carbocycles. The fourth-order valence-corrected chi connectivity index (χ4v) is 1.28. The topological polar surface area (TPSA) is 46.5 Å². The summed E-state index contributed by atoms with van der Waals surface area (Å²) >= 11 is 0. The van der Waals surface area contributed by atoms with E-state index in [2.05, 4.69) is 4.74 Å². The van der Waals surface area contributed by atoms with E-state index in [0.29, 0.717) is 0 Å². The zero-order valence-corrected chi connectivity index (χ0v) is 7.10. The number of alkyl halides is 3. The van der Waals surface area contributed by atoms with Crippen molar-refractivity contribution in [1.29, 1.82) is 0 Å². The van der Waals surface area contributed by atoms with Crippen molar-refractivity contribution in [2.45, 2.75) is 37.6 Å². The van der Waals surface area contributed by atoms with E-state index in [1.807, 2.05) is 0 Å². The van der Waals surface area contributed by atoms with Crippen molar-refractivity contribution in [3.8, 4) is 0 Å². The lowest BCUT2D eigenvalue weighted by Gasteiger charge is -2.21. The molecule has 0 saturated carbocycles. The summed E-state index contributed by atoms with van der Waals surface area (Å²) < 4.78 is 40.9. The number of rotatable bonds is 0. The smallest absolute Gasteiger partial charge is 0.428 e. The molecule has 0 bridgehead atoms. The number of halogens is 3. The van der Waals surface area contributed by atoms with Crippen LogP contribution in [0.15, 0.2) is 0 Å². The summed E-state index contributed by atoms with van der Waals surface area (Å²) in [6.45, 7) is 2.63. The Morgan fingerprint density at radius 1 is 1.46 bits per heavy atom. The van der Waals surface area contributed by atoms with Gasteiger partial charge < -0.3 is 9.84 Å². The second kappa shape index (κ2) is 2.37. The minimum Gasteiger partial charge on any atom is -0.457 e. The second-order valence-corrected chi connectivity index (χ2v) is 3.68. The van der Waals surface area contributed by atoms with Gasteiger partial charge in [-0.15, -0.1) is 0 Å². The predicted molar refractivity (Wildman–Crippen MR) is 35.8 cm³/mol. The lowest BCUT2D eigenvalue weighted by molar-refractivity contribution is -0.250. The van der Waals surface area contributed by atoms with Gasteiger partial charge >= 0.3 is 12.1 Å². The van der Waals surface area contributed by atoms with Gasteiger partial charge in [-0.05, 0) is 13.8 Å². The fourth-order valence-electron chi connectivity index (χ4n) is 1.28. The first-order valence-electron chi connectivity index (χ1n) is 3.61. The number of carbonyl (C=O) groups excluding carboxylic acids is 1. The molecule has 0 spiro atoms.